The molecule has 0 saturated heterocycles. The molecule has 1 heterocycles. The summed E-state index contributed by atoms with van der Waals surface area (Å²) in [7, 11) is 0. The van der Waals surface area contributed by atoms with Gasteiger partial charge in [-0.25, -0.2) is 9.37 Å². The predicted molar refractivity (Wildman–Crippen MR) is 78.4 cm³/mol. The number of aryl methyl sites for hydroxylation is 2. The lowest BCUT2D eigenvalue weighted by Gasteiger charge is -2.11. The second kappa shape index (κ2) is 4.72. The SMILES string of the molecule is Cc1cc2ncn(-c3cccc(F)c3CN)c2cc1C. The average molecular weight is 269 g/mol. The van der Waals surface area contributed by atoms with Crippen molar-refractivity contribution in [2.24, 2.45) is 5.73 Å². The third-order valence-electron chi connectivity index (χ3n) is 3.72. The molecule has 0 aliphatic heterocycles. The maximum Gasteiger partial charge on any atom is 0.129 e. The van der Waals surface area contributed by atoms with E-state index in [9.17, 15) is 4.39 Å². The number of fused-ring (bicyclic) bond motifs is 1. The van der Waals surface area contributed by atoms with Gasteiger partial charge in [-0.05, 0) is 49.2 Å². The first-order valence-electron chi connectivity index (χ1n) is 6.54. The number of hydrogen-bond acceptors (Lipinski definition) is 2. The van der Waals surface area contributed by atoms with Crippen LogP contribution in [0, 0.1) is 19.7 Å². The molecule has 0 amide bonds. The Morgan fingerprint density at radius 3 is 2.70 bits per heavy atom. The molecule has 0 unspecified atom stereocenters. The lowest BCUT2D eigenvalue weighted by molar-refractivity contribution is 0.609. The predicted octanol–water partition coefficient (Wildman–Crippen LogP) is 3.24. The van der Waals surface area contributed by atoms with E-state index in [2.05, 4.69) is 24.9 Å². The molecule has 0 aliphatic rings. The molecule has 0 saturated carbocycles. The third-order valence-corrected chi connectivity index (χ3v) is 3.72. The van der Waals surface area contributed by atoms with Crippen LogP contribution in [-0.2, 0) is 6.54 Å². The van der Waals surface area contributed by atoms with E-state index in [1.807, 2.05) is 16.7 Å². The lowest BCUT2D eigenvalue weighted by atomic mass is 10.1. The molecule has 0 spiro atoms. The van der Waals surface area contributed by atoms with Gasteiger partial charge in [0, 0.05) is 12.1 Å². The van der Waals surface area contributed by atoms with Gasteiger partial charge in [-0.2, -0.15) is 0 Å². The molecule has 0 fully saturated rings. The van der Waals surface area contributed by atoms with Crippen molar-refractivity contribution >= 4 is 11.0 Å². The van der Waals surface area contributed by atoms with Crippen molar-refractivity contribution in [3.8, 4) is 5.69 Å². The molecular weight excluding hydrogens is 253 g/mol. The first kappa shape index (κ1) is 12.8. The van der Waals surface area contributed by atoms with Crippen LogP contribution >= 0.6 is 0 Å². The molecule has 102 valence electrons. The van der Waals surface area contributed by atoms with Crippen LogP contribution in [0.2, 0.25) is 0 Å². The Hall–Kier alpha value is -2.20. The Morgan fingerprint density at radius 1 is 1.20 bits per heavy atom. The smallest absolute Gasteiger partial charge is 0.129 e. The lowest BCUT2D eigenvalue weighted by Crippen LogP contribution is -2.06. The highest BCUT2D eigenvalue weighted by Gasteiger charge is 2.12. The number of benzene rings is 2. The number of halogens is 1. The van der Waals surface area contributed by atoms with Gasteiger partial charge in [-0.3, -0.25) is 4.57 Å². The summed E-state index contributed by atoms with van der Waals surface area (Å²) in [6.07, 6.45) is 1.72. The molecular formula is C16H16FN3. The van der Waals surface area contributed by atoms with Gasteiger partial charge in [0.1, 0.15) is 12.1 Å². The van der Waals surface area contributed by atoms with Crippen LogP contribution in [0.3, 0.4) is 0 Å². The number of nitrogens with two attached hydrogens (primary N) is 1. The summed E-state index contributed by atoms with van der Waals surface area (Å²) in [6, 6.07) is 9.10. The van der Waals surface area contributed by atoms with Gasteiger partial charge in [-0.15, -0.1) is 0 Å². The largest absolute Gasteiger partial charge is 0.326 e. The minimum atomic E-state index is -0.282. The van der Waals surface area contributed by atoms with Crippen LogP contribution in [0.5, 0.6) is 0 Å². The van der Waals surface area contributed by atoms with E-state index in [1.165, 1.54) is 17.2 Å². The topological polar surface area (TPSA) is 43.8 Å². The second-order valence-electron chi connectivity index (χ2n) is 4.98. The number of aromatic nitrogens is 2. The molecule has 2 N–H and O–H groups in total. The number of nitrogens with zero attached hydrogens (tertiary/aromatic N) is 2. The van der Waals surface area contributed by atoms with Crippen molar-refractivity contribution in [1.29, 1.82) is 0 Å². The summed E-state index contributed by atoms with van der Waals surface area (Å²) in [4.78, 5) is 4.40. The summed E-state index contributed by atoms with van der Waals surface area (Å²) in [5.74, 6) is -0.282. The molecule has 0 aliphatic carbocycles. The summed E-state index contributed by atoms with van der Waals surface area (Å²) in [5, 5.41) is 0. The minimum absolute atomic E-state index is 0.159. The molecule has 0 bridgehead atoms. The van der Waals surface area contributed by atoms with E-state index in [0.717, 1.165) is 16.7 Å². The van der Waals surface area contributed by atoms with Crippen LogP contribution in [0.4, 0.5) is 4.39 Å². The fraction of sp³-hybridized carbons (Fsp3) is 0.188. The van der Waals surface area contributed by atoms with Gasteiger partial charge in [0.15, 0.2) is 0 Å². The van der Waals surface area contributed by atoms with Gasteiger partial charge >= 0.3 is 0 Å². The van der Waals surface area contributed by atoms with Gasteiger partial charge in [0.25, 0.3) is 0 Å². The number of rotatable bonds is 2. The highest BCUT2D eigenvalue weighted by molar-refractivity contribution is 5.79. The van der Waals surface area contributed by atoms with Crippen LogP contribution in [0.1, 0.15) is 16.7 Å². The quantitative estimate of drug-likeness (QED) is 0.776. The highest BCUT2D eigenvalue weighted by atomic mass is 19.1. The van der Waals surface area contributed by atoms with Crippen LogP contribution < -0.4 is 5.73 Å². The van der Waals surface area contributed by atoms with E-state index in [4.69, 9.17) is 5.73 Å². The first-order chi connectivity index (χ1) is 9.61. The van der Waals surface area contributed by atoms with Crippen molar-refractivity contribution in [1.82, 2.24) is 9.55 Å². The molecule has 3 rings (SSSR count). The first-order valence-corrected chi connectivity index (χ1v) is 6.54. The normalized spacial score (nSPS) is 11.2. The fourth-order valence-electron chi connectivity index (χ4n) is 2.43. The van der Waals surface area contributed by atoms with E-state index < -0.39 is 0 Å². The molecule has 0 atom stereocenters. The Balaban J connectivity index is 2.30. The summed E-state index contributed by atoms with van der Waals surface area (Å²) < 4.78 is 15.8. The van der Waals surface area contributed by atoms with Crippen LogP contribution in [0.25, 0.3) is 16.7 Å². The van der Waals surface area contributed by atoms with Gasteiger partial charge in [0.2, 0.25) is 0 Å². The number of imidazole rings is 1. The molecule has 1 aromatic heterocycles. The summed E-state index contributed by atoms with van der Waals surface area (Å²) in [6.45, 7) is 4.27. The molecule has 3 nitrogen and oxygen atoms in total. The maximum atomic E-state index is 13.9. The Kier molecular flexibility index (Phi) is 3.03. The standard InChI is InChI=1S/C16H16FN3/c1-10-6-14-16(7-11(10)2)20(9-19-14)15-5-3-4-13(17)12(15)8-18/h3-7,9H,8,18H2,1-2H3. The minimum Gasteiger partial charge on any atom is -0.326 e. The van der Waals surface area contributed by atoms with Gasteiger partial charge in [-0.1, -0.05) is 6.07 Å². The molecule has 0 radical (unpaired) electrons. The number of hydrogen-bond donors (Lipinski definition) is 1. The van der Waals surface area contributed by atoms with Crippen LogP contribution in [-0.4, -0.2) is 9.55 Å². The zero-order valence-corrected chi connectivity index (χ0v) is 11.5. The molecule has 20 heavy (non-hydrogen) atoms. The Bertz CT molecular complexity index is 790. The van der Waals surface area contributed by atoms with E-state index in [0.29, 0.717) is 5.56 Å². The van der Waals surface area contributed by atoms with Gasteiger partial charge < -0.3 is 5.73 Å². The third kappa shape index (κ3) is 1.89. The van der Waals surface area contributed by atoms with Crippen molar-refractivity contribution in [2.45, 2.75) is 20.4 Å². The Labute approximate surface area is 116 Å². The van der Waals surface area contributed by atoms with Crippen molar-refractivity contribution < 1.29 is 4.39 Å². The van der Waals surface area contributed by atoms with Crippen LogP contribution in [0.15, 0.2) is 36.7 Å². The molecule has 3 aromatic rings. The fourth-order valence-corrected chi connectivity index (χ4v) is 2.43. The van der Waals surface area contributed by atoms with Crippen molar-refractivity contribution in [3.05, 3.63) is 59.2 Å². The molecule has 2 aromatic carbocycles. The van der Waals surface area contributed by atoms with E-state index in [-0.39, 0.29) is 12.4 Å². The van der Waals surface area contributed by atoms with Gasteiger partial charge in [0.05, 0.1) is 16.7 Å². The zero-order valence-electron chi connectivity index (χ0n) is 11.5. The van der Waals surface area contributed by atoms with E-state index >= 15 is 0 Å². The van der Waals surface area contributed by atoms with Crippen molar-refractivity contribution in [3.63, 3.8) is 0 Å². The highest BCUT2D eigenvalue weighted by Crippen LogP contribution is 2.24. The molecule has 4 heteroatoms. The zero-order chi connectivity index (χ0) is 14.3. The maximum absolute atomic E-state index is 13.9. The second-order valence-corrected chi connectivity index (χ2v) is 4.98. The van der Waals surface area contributed by atoms with Crippen molar-refractivity contribution in [2.75, 3.05) is 0 Å². The summed E-state index contributed by atoms with van der Waals surface area (Å²) in [5.41, 5.74) is 11.2. The summed E-state index contributed by atoms with van der Waals surface area (Å²) >= 11 is 0. The van der Waals surface area contributed by atoms with E-state index in [1.54, 1.807) is 12.4 Å². The average Bonchev–Trinajstić information content (AvgIpc) is 2.81. The Morgan fingerprint density at radius 2 is 1.95 bits per heavy atom. The monoisotopic (exact) mass is 269 g/mol.